The molecule has 0 unspecified atom stereocenters. The molecule has 1 radical (unpaired) electrons. The molecule has 169 valence electrons. The molecule has 1 aliphatic heterocycles. The second-order valence-electron chi connectivity index (χ2n) is 7.08. The number of halogens is 5. The quantitative estimate of drug-likeness (QED) is 0.397. The van der Waals surface area contributed by atoms with Gasteiger partial charge in [-0.05, 0) is 31.6 Å². The van der Waals surface area contributed by atoms with Gasteiger partial charge < -0.3 is 5.32 Å². The second kappa shape index (κ2) is 8.75. The Morgan fingerprint density at radius 1 is 1.03 bits per heavy atom. The number of nitrogens with one attached hydrogen (secondary N) is 1. The van der Waals surface area contributed by atoms with Crippen LogP contribution in [0.5, 0.6) is 0 Å². The van der Waals surface area contributed by atoms with E-state index in [0.29, 0.717) is 17.4 Å². The van der Waals surface area contributed by atoms with Gasteiger partial charge in [0.05, 0.1) is 5.69 Å². The van der Waals surface area contributed by atoms with Crippen molar-refractivity contribution in [3.63, 3.8) is 0 Å². The number of thiazole rings is 1. The zero-order chi connectivity index (χ0) is 23.0. The van der Waals surface area contributed by atoms with Gasteiger partial charge in [0.15, 0.2) is 11.6 Å². The second-order valence-corrected chi connectivity index (χ2v) is 10.00. The Labute approximate surface area is 184 Å². The van der Waals surface area contributed by atoms with Crippen molar-refractivity contribution >= 4 is 26.9 Å². The maximum absolute atomic E-state index is 14.6. The maximum Gasteiger partial charge on any atom is 0.239 e. The molecule has 1 saturated heterocycles. The van der Waals surface area contributed by atoms with E-state index < -0.39 is 60.4 Å². The molecule has 2 heterocycles. The van der Waals surface area contributed by atoms with Crippen LogP contribution in [0.3, 0.4) is 0 Å². The van der Waals surface area contributed by atoms with Gasteiger partial charge in [0.1, 0.15) is 28.5 Å². The van der Waals surface area contributed by atoms with E-state index in [0.717, 1.165) is 31.6 Å². The molecule has 1 aliphatic rings. The van der Waals surface area contributed by atoms with Gasteiger partial charge >= 0.3 is 0 Å². The van der Waals surface area contributed by atoms with Gasteiger partial charge in [0.2, 0.25) is 14.2 Å². The molecule has 0 spiro atoms. The lowest BCUT2D eigenvalue weighted by molar-refractivity contribution is 0.169. The van der Waals surface area contributed by atoms with E-state index in [2.05, 4.69) is 16.5 Å². The van der Waals surface area contributed by atoms with Crippen LogP contribution in [0, 0.1) is 35.3 Å². The van der Waals surface area contributed by atoms with Gasteiger partial charge in [0.25, 0.3) is 0 Å². The Hall–Kier alpha value is -2.57. The van der Waals surface area contributed by atoms with Crippen LogP contribution in [0.2, 0.25) is 0 Å². The predicted octanol–water partition coefficient (Wildman–Crippen LogP) is 4.29. The lowest BCUT2D eigenvalue weighted by Crippen LogP contribution is -2.37. The maximum atomic E-state index is 14.6. The molecular formula is C20H15F5N3O2S2. The lowest BCUT2D eigenvalue weighted by Gasteiger charge is -2.31. The molecule has 0 bridgehead atoms. The predicted molar refractivity (Wildman–Crippen MR) is 106 cm³/mol. The van der Waals surface area contributed by atoms with Crippen molar-refractivity contribution in [2.24, 2.45) is 0 Å². The summed E-state index contributed by atoms with van der Waals surface area (Å²) in [6.45, 7) is 1.10. The Bertz CT molecular complexity index is 1260. The van der Waals surface area contributed by atoms with Crippen molar-refractivity contribution < 1.29 is 30.4 Å². The van der Waals surface area contributed by atoms with Crippen LogP contribution in [0.1, 0.15) is 17.5 Å². The van der Waals surface area contributed by atoms with Gasteiger partial charge in [0, 0.05) is 35.7 Å². The first kappa shape index (κ1) is 22.6. The van der Waals surface area contributed by atoms with Crippen LogP contribution >= 0.6 is 11.3 Å². The van der Waals surface area contributed by atoms with E-state index in [1.54, 1.807) is 0 Å². The summed E-state index contributed by atoms with van der Waals surface area (Å²) in [6, 6.07) is 2.34. The zero-order valence-corrected chi connectivity index (χ0v) is 17.9. The largest absolute Gasteiger partial charge is 0.378 e. The first-order chi connectivity index (χ1) is 15.2. The van der Waals surface area contributed by atoms with Gasteiger partial charge in [-0.1, -0.05) is 0 Å². The van der Waals surface area contributed by atoms with Crippen LogP contribution in [0.15, 0.2) is 32.8 Å². The molecule has 1 fully saturated rings. The summed E-state index contributed by atoms with van der Waals surface area (Å²) in [5, 5.41) is 3.51. The number of rotatable bonds is 7. The number of hydrogen-bond acceptors (Lipinski definition) is 6. The minimum absolute atomic E-state index is 0.0535. The van der Waals surface area contributed by atoms with Crippen molar-refractivity contribution in [3.05, 3.63) is 70.0 Å². The molecular weight excluding hydrogens is 473 g/mol. The van der Waals surface area contributed by atoms with Gasteiger partial charge in [-0.3, -0.25) is 4.90 Å². The molecule has 5 nitrogen and oxygen atoms in total. The minimum Gasteiger partial charge on any atom is -0.378 e. The topological polar surface area (TPSA) is 62.3 Å². The minimum atomic E-state index is -4.75. The highest BCUT2D eigenvalue weighted by atomic mass is 32.2. The van der Waals surface area contributed by atoms with Gasteiger partial charge in [-0.25, -0.2) is 35.4 Å². The monoisotopic (exact) mass is 488 g/mol. The third-order valence-corrected chi connectivity index (χ3v) is 8.01. The fourth-order valence-corrected chi connectivity index (χ4v) is 5.49. The molecule has 12 heteroatoms. The Kier molecular flexibility index (Phi) is 6.19. The van der Waals surface area contributed by atoms with E-state index in [1.165, 1.54) is 5.38 Å². The Morgan fingerprint density at radius 2 is 1.72 bits per heavy atom. The van der Waals surface area contributed by atoms with Gasteiger partial charge in [-0.15, -0.1) is 11.3 Å². The number of benzene rings is 2. The summed E-state index contributed by atoms with van der Waals surface area (Å²) in [5.41, 5.74) is -0.798. The molecule has 1 N–H and O–H groups in total. The molecule has 0 atom stereocenters. The Balaban J connectivity index is 1.65. The molecule has 0 aliphatic carbocycles. The van der Waals surface area contributed by atoms with E-state index in [9.17, 15) is 30.4 Å². The van der Waals surface area contributed by atoms with Crippen molar-refractivity contribution in [2.45, 2.75) is 28.7 Å². The Morgan fingerprint density at radius 3 is 2.31 bits per heavy atom. The van der Waals surface area contributed by atoms with Crippen LogP contribution in [0.25, 0.3) is 0 Å². The SMILES string of the molecule is O=S(=O)(c1n[c]cs1)c1c(F)cc(NCc2c(F)ccc(F)c2CN2CCC2)c(F)c1F. The molecule has 3 aromatic rings. The third kappa shape index (κ3) is 4.09. The molecule has 4 rings (SSSR count). The van der Waals surface area contributed by atoms with Gasteiger partial charge in [-0.2, -0.15) is 0 Å². The number of sulfone groups is 1. The molecule has 0 saturated carbocycles. The fraction of sp³-hybridized carbons (Fsp3) is 0.250. The molecule has 0 amide bonds. The highest BCUT2D eigenvalue weighted by Gasteiger charge is 2.32. The summed E-state index contributed by atoms with van der Waals surface area (Å²) in [6.07, 6.45) is 3.15. The van der Waals surface area contributed by atoms with E-state index in [1.807, 2.05) is 4.90 Å². The smallest absolute Gasteiger partial charge is 0.239 e. The van der Waals surface area contributed by atoms with Crippen LogP contribution < -0.4 is 5.32 Å². The standard InChI is InChI=1S/C20H15F5N3O2S2/c21-13-2-3-14(22)12(10-28-5-1-6-28)11(13)9-27-16-8-15(23)19(18(25)17(16)24)32(29,30)20-26-4-7-31-20/h2-3,7-8,27H,1,5-6,9-10H2. The van der Waals surface area contributed by atoms with Crippen LogP contribution in [0.4, 0.5) is 27.6 Å². The highest BCUT2D eigenvalue weighted by Crippen LogP contribution is 2.32. The normalized spacial score (nSPS) is 14.4. The number of hydrogen-bond donors (Lipinski definition) is 1. The van der Waals surface area contributed by atoms with Crippen molar-refractivity contribution in [2.75, 3.05) is 18.4 Å². The molecule has 32 heavy (non-hydrogen) atoms. The molecule has 2 aromatic carbocycles. The highest BCUT2D eigenvalue weighted by molar-refractivity contribution is 7.93. The van der Waals surface area contributed by atoms with Crippen molar-refractivity contribution in [3.8, 4) is 0 Å². The number of nitrogens with zero attached hydrogens (tertiary/aromatic N) is 2. The van der Waals surface area contributed by atoms with Crippen LogP contribution in [-0.4, -0.2) is 31.4 Å². The van der Waals surface area contributed by atoms with Crippen molar-refractivity contribution in [1.29, 1.82) is 0 Å². The number of anilines is 1. The number of likely N-dealkylation sites (tertiary alicyclic amines) is 1. The third-order valence-electron chi connectivity index (χ3n) is 5.09. The molecule has 1 aromatic heterocycles. The zero-order valence-electron chi connectivity index (χ0n) is 16.3. The van der Waals surface area contributed by atoms with Crippen molar-refractivity contribution in [1.82, 2.24) is 9.88 Å². The first-order valence-electron chi connectivity index (χ1n) is 9.36. The lowest BCUT2D eigenvalue weighted by atomic mass is 10.0. The summed E-state index contributed by atoms with van der Waals surface area (Å²) in [5.74, 6) is -6.60. The average Bonchev–Trinajstić information content (AvgIpc) is 3.25. The summed E-state index contributed by atoms with van der Waals surface area (Å²) < 4.78 is 96.6. The van der Waals surface area contributed by atoms with E-state index in [-0.39, 0.29) is 17.7 Å². The van der Waals surface area contributed by atoms with Crippen LogP contribution in [-0.2, 0) is 22.9 Å². The summed E-state index contributed by atoms with van der Waals surface area (Å²) >= 11 is 0.568. The summed E-state index contributed by atoms with van der Waals surface area (Å²) in [7, 11) is -4.75. The average molecular weight is 488 g/mol. The first-order valence-corrected chi connectivity index (χ1v) is 11.7. The van der Waals surface area contributed by atoms with E-state index >= 15 is 0 Å². The number of aromatic nitrogens is 1. The fourth-order valence-electron chi connectivity index (χ4n) is 3.29. The van der Waals surface area contributed by atoms with E-state index in [4.69, 9.17) is 0 Å². The summed E-state index contributed by atoms with van der Waals surface area (Å²) in [4.78, 5) is 3.79.